The molecule has 18 heavy (non-hydrogen) atoms. The van der Waals surface area contributed by atoms with E-state index in [0.29, 0.717) is 12.1 Å². The van der Waals surface area contributed by atoms with Crippen LogP contribution >= 0.6 is 0 Å². The number of anilines is 2. The number of piperazine rings is 1. The standard InChI is InChI=1S/C14H24N4/c1-5-12-13(6-7-16-14(12)15-4)18-8-10(2)17-11(3)9-18/h6-7,10-11,17H,5,8-9H2,1-4H3,(H,15,16). The molecule has 0 spiro atoms. The molecule has 2 unspecified atom stereocenters. The van der Waals surface area contributed by atoms with Gasteiger partial charge in [0.25, 0.3) is 0 Å². The lowest BCUT2D eigenvalue weighted by atomic mass is 10.1. The number of rotatable bonds is 3. The number of nitrogens with zero attached hydrogens (tertiary/aromatic N) is 2. The summed E-state index contributed by atoms with van der Waals surface area (Å²) in [6.45, 7) is 8.80. The van der Waals surface area contributed by atoms with Crippen molar-refractivity contribution in [2.24, 2.45) is 0 Å². The Bertz CT molecular complexity index is 395. The number of hydrogen-bond donors (Lipinski definition) is 2. The maximum Gasteiger partial charge on any atom is 0.130 e. The van der Waals surface area contributed by atoms with E-state index in [4.69, 9.17) is 0 Å². The van der Waals surface area contributed by atoms with Crippen molar-refractivity contribution in [3.05, 3.63) is 17.8 Å². The molecule has 0 saturated carbocycles. The summed E-state index contributed by atoms with van der Waals surface area (Å²) in [6.07, 6.45) is 2.91. The Morgan fingerprint density at radius 3 is 2.61 bits per heavy atom. The maximum atomic E-state index is 4.41. The molecule has 1 aliphatic rings. The lowest BCUT2D eigenvalue weighted by Gasteiger charge is -2.38. The SMILES string of the molecule is CCc1c(N2CC(C)NC(C)C2)ccnc1NC. The molecule has 2 atom stereocenters. The zero-order valence-corrected chi connectivity index (χ0v) is 11.8. The van der Waals surface area contributed by atoms with Crippen LogP contribution in [0.4, 0.5) is 11.5 Å². The van der Waals surface area contributed by atoms with Crippen LogP contribution in [0.3, 0.4) is 0 Å². The van der Waals surface area contributed by atoms with Gasteiger partial charge in [0.05, 0.1) is 0 Å². The Balaban J connectivity index is 2.32. The lowest BCUT2D eigenvalue weighted by Crippen LogP contribution is -2.54. The van der Waals surface area contributed by atoms with E-state index in [2.05, 4.69) is 47.4 Å². The van der Waals surface area contributed by atoms with Crippen molar-refractivity contribution >= 4 is 11.5 Å². The van der Waals surface area contributed by atoms with E-state index in [1.165, 1.54) is 11.3 Å². The van der Waals surface area contributed by atoms with Crippen molar-refractivity contribution < 1.29 is 0 Å². The van der Waals surface area contributed by atoms with Gasteiger partial charge in [-0.05, 0) is 26.3 Å². The number of nitrogens with one attached hydrogen (secondary N) is 2. The van der Waals surface area contributed by atoms with Gasteiger partial charge in [0.1, 0.15) is 5.82 Å². The molecule has 1 saturated heterocycles. The Morgan fingerprint density at radius 1 is 1.39 bits per heavy atom. The van der Waals surface area contributed by atoms with Gasteiger partial charge in [-0.3, -0.25) is 0 Å². The normalized spacial score (nSPS) is 24.1. The van der Waals surface area contributed by atoms with Crippen LogP contribution in [0.15, 0.2) is 12.3 Å². The average Bonchev–Trinajstić information content (AvgIpc) is 2.36. The van der Waals surface area contributed by atoms with Crippen molar-refractivity contribution in [1.29, 1.82) is 0 Å². The van der Waals surface area contributed by atoms with E-state index in [9.17, 15) is 0 Å². The second kappa shape index (κ2) is 5.57. The highest BCUT2D eigenvalue weighted by Gasteiger charge is 2.23. The summed E-state index contributed by atoms with van der Waals surface area (Å²) in [5.74, 6) is 1.01. The lowest BCUT2D eigenvalue weighted by molar-refractivity contribution is 0.406. The monoisotopic (exact) mass is 248 g/mol. The van der Waals surface area contributed by atoms with Gasteiger partial charge >= 0.3 is 0 Å². The highest BCUT2D eigenvalue weighted by atomic mass is 15.2. The second-order valence-corrected chi connectivity index (χ2v) is 5.13. The number of aromatic nitrogens is 1. The van der Waals surface area contributed by atoms with Gasteiger partial charge in [-0.1, -0.05) is 6.92 Å². The average molecular weight is 248 g/mol. The van der Waals surface area contributed by atoms with Crippen LogP contribution in [-0.2, 0) is 6.42 Å². The fourth-order valence-electron chi connectivity index (χ4n) is 2.87. The first kappa shape index (κ1) is 13.1. The Kier molecular flexibility index (Phi) is 4.07. The predicted octanol–water partition coefficient (Wildman–Crippen LogP) is 1.87. The number of pyridine rings is 1. The molecule has 1 aromatic heterocycles. The highest BCUT2D eigenvalue weighted by molar-refractivity contribution is 5.63. The van der Waals surface area contributed by atoms with Crippen molar-refractivity contribution in [2.75, 3.05) is 30.4 Å². The molecular weight excluding hydrogens is 224 g/mol. The molecule has 0 amide bonds. The largest absolute Gasteiger partial charge is 0.373 e. The molecule has 0 bridgehead atoms. The fraction of sp³-hybridized carbons (Fsp3) is 0.643. The predicted molar refractivity (Wildman–Crippen MR) is 77.4 cm³/mol. The van der Waals surface area contributed by atoms with Crippen molar-refractivity contribution in [3.8, 4) is 0 Å². The zero-order valence-electron chi connectivity index (χ0n) is 11.8. The molecule has 0 aromatic carbocycles. The molecule has 2 rings (SSSR count). The van der Waals surface area contributed by atoms with E-state index in [1.54, 1.807) is 0 Å². The molecule has 1 aliphatic heterocycles. The molecule has 0 radical (unpaired) electrons. The second-order valence-electron chi connectivity index (χ2n) is 5.13. The van der Waals surface area contributed by atoms with Crippen molar-refractivity contribution in [2.45, 2.75) is 39.3 Å². The molecule has 2 N–H and O–H groups in total. The zero-order chi connectivity index (χ0) is 13.1. The summed E-state index contributed by atoms with van der Waals surface area (Å²) >= 11 is 0. The van der Waals surface area contributed by atoms with Gasteiger partial charge in [-0.15, -0.1) is 0 Å². The van der Waals surface area contributed by atoms with E-state index < -0.39 is 0 Å². The number of hydrogen-bond acceptors (Lipinski definition) is 4. The smallest absolute Gasteiger partial charge is 0.130 e. The highest BCUT2D eigenvalue weighted by Crippen LogP contribution is 2.27. The first-order chi connectivity index (χ1) is 8.65. The molecular formula is C14H24N4. The third-order valence-corrected chi connectivity index (χ3v) is 3.52. The van der Waals surface area contributed by atoms with Crippen LogP contribution in [0.2, 0.25) is 0 Å². The molecule has 4 nitrogen and oxygen atoms in total. The van der Waals surface area contributed by atoms with Gasteiger partial charge in [-0.2, -0.15) is 0 Å². The van der Waals surface area contributed by atoms with Crippen LogP contribution < -0.4 is 15.5 Å². The van der Waals surface area contributed by atoms with Gasteiger partial charge in [0.2, 0.25) is 0 Å². The Labute approximate surface area is 110 Å². The van der Waals surface area contributed by atoms with Crippen LogP contribution in [0, 0.1) is 0 Å². The molecule has 100 valence electrons. The first-order valence-corrected chi connectivity index (χ1v) is 6.82. The fourth-order valence-corrected chi connectivity index (χ4v) is 2.87. The molecule has 2 heterocycles. The topological polar surface area (TPSA) is 40.2 Å². The molecule has 1 aromatic rings. The van der Waals surface area contributed by atoms with Crippen LogP contribution in [0.5, 0.6) is 0 Å². The Hall–Kier alpha value is -1.29. The van der Waals surface area contributed by atoms with Gasteiger partial charge in [0.15, 0.2) is 0 Å². The minimum Gasteiger partial charge on any atom is -0.373 e. The minimum atomic E-state index is 0.532. The quantitative estimate of drug-likeness (QED) is 0.857. The van der Waals surface area contributed by atoms with Gasteiger partial charge in [0, 0.05) is 49.7 Å². The van der Waals surface area contributed by atoms with E-state index in [0.717, 1.165) is 25.3 Å². The van der Waals surface area contributed by atoms with Crippen LogP contribution in [-0.4, -0.2) is 37.2 Å². The maximum absolute atomic E-state index is 4.41. The summed E-state index contributed by atoms with van der Waals surface area (Å²) in [6, 6.07) is 3.21. The van der Waals surface area contributed by atoms with E-state index >= 15 is 0 Å². The first-order valence-electron chi connectivity index (χ1n) is 6.82. The van der Waals surface area contributed by atoms with Crippen LogP contribution in [0.1, 0.15) is 26.3 Å². The summed E-state index contributed by atoms with van der Waals surface area (Å²) in [5.41, 5.74) is 2.65. The Morgan fingerprint density at radius 2 is 2.06 bits per heavy atom. The van der Waals surface area contributed by atoms with Gasteiger partial charge < -0.3 is 15.5 Å². The van der Waals surface area contributed by atoms with Gasteiger partial charge in [-0.25, -0.2) is 4.98 Å². The third-order valence-electron chi connectivity index (χ3n) is 3.52. The summed E-state index contributed by atoms with van der Waals surface area (Å²) in [4.78, 5) is 6.89. The van der Waals surface area contributed by atoms with E-state index in [1.807, 2.05) is 13.2 Å². The third kappa shape index (κ3) is 2.58. The van der Waals surface area contributed by atoms with E-state index in [-0.39, 0.29) is 0 Å². The molecule has 0 aliphatic carbocycles. The minimum absolute atomic E-state index is 0.532. The molecule has 1 fully saturated rings. The summed E-state index contributed by atoms with van der Waals surface area (Å²) < 4.78 is 0. The van der Waals surface area contributed by atoms with Crippen molar-refractivity contribution in [1.82, 2.24) is 10.3 Å². The van der Waals surface area contributed by atoms with Crippen molar-refractivity contribution in [3.63, 3.8) is 0 Å². The van der Waals surface area contributed by atoms with Crippen LogP contribution in [0.25, 0.3) is 0 Å². The summed E-state index contributed by atoms with van der Waals surface area (Å²) in [7, 11) is 1.94. The molecule has 4 heteroatoms. The summed E-state index contributed by atoms with van der Waals surface area (Å²) in [5, 5.41) is 6.77.